The smallest absolute Gasteiger partial charge is 0.306 e. The third-order valence-corrected chi connectivity index (χ3v) is 5.00. The minimum absolute atomic E-state index is 0.00170. The zero-order valence-electron chi connectivity index (χ0n) is 15.3. The lowest BCUT2D eigenvalue weighted by Crippen LogP contribution is -2.08. The van der Waals surface area contributed by atoms with Crippen molar-refractivity contribution < 1.29 is 23.5 Å². The fourth-order valence-corrected chi connectivity index (χ4v) is 3.20. The lowest BCUT2D eigenvalue weighted by Gasteiger charge is -2.04. The van der Waals surface area contributed by atoms with Crippen molar-refractivity contribution in [1.29, 1.82) is 0 Å². The zero-order valence-corrected chi connectivity index (χ0v) is 16.8. The number of carbonyl (C=O) groups is 2. The van der Waals surface area contributed by atoms with E-state index in [9.17, 15) is 14.0 Å². The Morgan fingerprint density at radius 2 is 1.72 bits per heavy atom. The van der Waals surface area contributed by atoms with E-state index >= 15 is 0 Å². The Labute approximate surface area is 176 Å². The van der Waals surface area contributed by atoms with Gasteiger partial charge in [-0.05, 0) is 48.5 Å². The Bertz CT molecular complexity index is 973. The molecule has 2 aromatic carbocycles. The summed E-state index contributed by atoms with van der Waals surface area (Å²) in [6.45, 7) is 0.327. The normalized spacial score (nSPS) is 10.6. The van der Waals surface area contributed by atoms with Crippen molar-refractivity contribution in [2.75, 3.05) is 0 Å². The van der Waals surface area contributed by atoms with Crippen LogP contribution in [0.3, 0.4) is 0 Å². The molecule has 0 aliphatic carbocycles. The Morgan fingerprint density at radius 1 is 1.00 bits per heavy atom. The molecule has 5 nitrogen and oxygen atoms in total. The lowest BCUT2D eigenvalue weighted by molar-refractivity contribution is -0.145. The zero-order chi connectivity index (χ0) is 20.6. The highest BCUT2D eigenvalue weighted by molar-refractivity contribution is 7.09. The Morgan fingerprint density at radius 3 is 2.45 bits per heavy atom. The van der Waals surface area contributed by atoms with E-state index in [1.165, 1.54) is 35.6 Å². The highest BCUT2D eigenvalue weighted by Gasteiger charge is 2.12. The van der Waals surface area contributed by atoms with Crippen LogP contribution in [0.1, 0.15) is 33.9 Å². The first kappa shape index (κ1) is 21.0. The van der Waals surface area contributed by atoms with Crippen LogP contribution in [0, 0.1) is 5.82 Å². The molecule has 0 radical (unpaired) electrons. The number of esters is 1. The lowest BCUT2D eigenvalue weighted by atomic mass is 10.1. The van der Waals surface area contributed by atoms with Crippen LogP contribution in [-0.2, 0) is 22.7 Å². The van der Waals surface area contributed by atoms with Crippen molar-refractivity contribution in [3.05, 3.63) is 81.0 Å². The van der Waals surface area contributed by atoms with E-state index in [1.54, 1.807) is 29.6 Å². The van der Waals surface area contributed by atoms with Gasteiger partial charge in [0, 0.05) is 22.4 Å². The van der Waals surface area contributed by atoms with Crippen molar-refractivity contribution >= 4 is 34.7 Å². The van der Waals surface area contributed by atoms with Crippen molar-refractivity contribution in [1.82, 2.24) is 4.98 Å². The maximum Gasteiger partial charge on any atom is 0.306 e. The second kappa shape index (κ2) is 10.1. The van der Waals surface area contributed by atoms with E-state index in [-0.39, 0.29) is 25.2 Å². The number of aromatic nitrogens is 1. The van der Waals surface area contributed by atoms with Crippen molar-refractivity contribution in [3.63, 3.8) is 0 Å². The van der Waals surface area contributed by atoms with Gasteiger partial charge in [0.15, 0.2) is 5.78 Å². The molecule has 8 heteroatoms. The highest BCUT2D eigenvalue weighted by atomic mass is 35.5. The molecule has 0 saturated heterocycles. The summed E-state index contributed by atoms with van der Waals surface area (Å²) in [5.74, 6) is -0.463. The summed E-state index contributed by atoms with van der Waals surface area (Å²) in [5, 5.41) is 3.17. The minimum Gasteiger partial charge on any atom is -0.486 e. The summed E-state index contributed by atoms with van der Waals surface area (Å²) >= 11 is 7.23. The molecule has 1 heterocycles. The molecule has 0 bridgehead atoms. The van der Waals surface area contributed by atoms with Crippen LogP contribution in [0.25, 0.3) is 0 Å². The number of carbonyl (C=O) groups excluding carboxylic acids is 2. The molecule has 0 fully saturated rings. The standard InChI is InChI=1S/C21H17ClFNO4S/c22-15-3-7-18(8-4-15)27-12-20-24-17(13-29-20)11-28-21(26)10-9-19(25)14-1-5-16(23)6-2-14/h1-8,13H,9-12H2. The van der Waals surface area contributed by atoms with E-state index in [2.05, 4.69) is 4.98 Å². The predicted molar refractivity (Wildman–Crippen MR) is 108 cm³/mol. The number of hydrogen-bond acceptors (Lipinski definition) is 6. The van der Waals surface area contributed by atoms with Crippen LogP contribution in [-0.4, -0.2) is 16.7 Å². The number of Topliss-reactive ketones (excluding diaryl/α,β-unsaturated/α-hetero) is 1. The molecule has 0 spiro atoms. The molecule has 150 valence electrons. The first-order valence-corrected chi connectivity index (χ1v) is 10.0. The maximum absolute atomic E-state index is 12.9. The molecule has 29 heavy (non-hydrogen) atoms. The third-order valence-electron chi connectivity index (χ3n) is 3.88. The number of benzene rings is 2. The van der Waals surface area contributed by atoms with E-state index in [1.807, 2.05) is 0 Å². The SMILES string of the molecule is O=C(CCC(=O)c1ccc(F)cc1)OCc1csc(COc2ccc(Cl)cc2)n1. The largest absolute Gasteiger partial charge is 0.486 e. The van der Waals surface area contributed by atoms with Gasteiger partial charge in [-0.15, -0.1) is 11.3 Å². The Kier molecular flexibility index (Phi) is 7.32. The van der Waals surface area contributed by atoms with Gasteiger partial charge in [-0.25, -0.2) is 9.37 Å². The Balaban J connectivity index is 1.39. The van der Waals surface area contributed by atoms with Gasteiger partial charge < -0.3 is 9.47 Å². The molecule has 0 atom stereocenters. The fraction of sp³-hybridized carbons (Fsp3) is 0.190. The third kappa shape index (κ3) is 6.66. The second-order valence-corrected chi connectivity index (χ2v) is 7.45. The number of hydrogen-bond donors (Lipinski definition) is 0. The van der Waals surface area contributed by atoms with Gasteiger partial charge in [-0.2, -0.15) is 0 Å². The van der Waals surface area contributed by atoms with Crippen LogP contribution in [0.4, 0.5) is 4.39 Å². The van der Waals surface area contributed by atoms with E-state index in [0.29, 0.717) is 28.6 Å². The summed E-state index contributed by atoms with van der Waals surface area (Å²) in [6.07, 6.45) is -0.0470. The van der Waals surface area contributed by atoms with Crippen LogP contribution >= 0.6 is 22.9 Å². The predicted octanol–water partition coefficient (Wildman–Crippen LogP) is 5.22. The van der Waals surface area contributed by atoms with Gasteiger partial charge in [-0.3, -0.25) is 9.59 Å². The second-order valence-electron chi connectivity index (χ2n) is 6.07. The quantitative estimate of drug-likeness (QED) is 0.342. The topological polar surface area (TPSA) is 65.5 Å². The molecule has 0 saturated carbocycles. The van der Waals surface area contributed by atoms with Gasteiger partial charge in [0.25, 0.3) is 0 Å². The van der Waals surface area contributed by atoms with E-state index < -0.39 is 11.8 Å². The molecule has 3 rings (SSSR count). The van der Waals surface area contributed by atoms with Crippen molar-refractivity contribution in [2.45, 2.75) is 26.1 Å². The average Bonchev–Trinajstić information content (AvgIpc) is 3.18. The average molecular weight is 434 g/mol. The molecule has 0 N–H and O–H groups in total. The molecule has 1 aromatic heterocycles. The minimum atomic E-state index is -0.493. The number of ether oxygens (including phenoxy) is 2. The van der Waals surface area contributed by atoms with Gasteiger partial charge in [0.2, 0.25) is 0 Å². The number of nitrogens with zero attached hydrogens (tertiary/aromatic N) is 1. The van der Waals surface area contributed by atoms with Gasteiger partial charge in [-0.1, -0.05) is 11.6 Å². The van der Waals surface area contributed by atoms with Crippen LogP contribution < -0.4 is 4.74 Å². The van der Waals surface area contributed by atoms with Gasteiger partial charge >= 0.3 is 5.97 Å². The number of halogens is 2. The molecule has 3 aromatic rings. The number of thiazole rings is 1. The maximum atomic E-state index is 12.9. The van der Waals surface area contributed by atoms with E-state index in [4.69, 9.17) is 21.1 Å². The summed E-state index contributed by atoms with van der Waals surface area (Å²) in [4.78, 5) is 28.2. The van der Waals surface area contributed by atoms with Crippen LogP contribution in [0.15, 0.2) is 53.9 Å². The van der Waals surface area contributed by atoms with Crippen molar-refractivity contribution in [3.8, 4) is 5.75 Å². The highest BCUT2D eigenvalue weighted by Crippen LogP contribution is 2.18. The summed E-state index contributed by atoms with van der Waals surface area (Å²) < 4.78 is 23.7. The first-order chi connectivity index (χ1) is 14.0. The molecule has 0 aliphatic heterocycles. The fourth-order valence-electron chi connectivity index (χ4n) is 2.38. The number of ketones is 1. The summed E-state index contributed by atoms with van der Waals surface area (Å²) in [6, 6.07) is 12.2. The first-order valence-electron chi connectivity index (χ1n) is 8.75. The molecule has 0 aliphatic rings. The van der Waals surface area contributed by atoms with Crippen LogP contribution in [0.5, 0.6) is 5.75 Å². The van der Waals surface area contributed by atoms with Crippen molar-refractivity contribution in [2.24, 2.45) is 0 Å². The molecule has 0 unspecified atom stereocenters. The monoisotopic (exact) mass is 433 g/mol. The summed E-state index contributed by atoms with van der Waals surface area (Å²) in [7, 11) is 0. The molecular formula is C21H17ClFNO4S. The number of rotatable bonds is 9. The van der Waals surface area contributed by atoms with Crippen LogP contribution in [0.2, 0.25) is 5.02 Å². The van der Waals surface area contributed by atoms with Gasteiger partial charge in [0.05, 0.1) is 12.1 Å². The van der Waals surface area contributed by atoms with Gasteiger partial charge in [0.1, 0.15) is 29.8 Å². The molecule has 0 amide bonds. The van der Waals surface area contributed by atoms with E-state index in [0.717, 1.165) is 5.01 Å². The Hall–Kier alpha value is -2.77. The summed E-state index contributed by atoms with van der Waals surface area (Å²) in [5.41, 5.74) is 0.979. The molecular weight excluding hydrogens is 417 g/mol.